The predicted molar refractivity (Wildman–Crippen MR) is 69.1 cm³/mol. The molecule has 0 bridgehead atoms. The molecule has 6 heteroatoms. The van der Waals surface area contributed by atoms with Gasteiger partial charge in [-0.1, -0.05) is 18.4 Å². The van der Waals surface area contributed by atoms with E-state index in [9.17, 15) is 0 Å². The van der Waals surface area contributed by atoms with Gasteiger partial charge in [0.1, 0.15) is 0 Å². The zero-order valence-corrected chi connectivity index (χ0v) is 11.0. The first-order chi connectivity index (χ1) is 8.31. The van der Waals surface area contributed by atoms with Crippen LogP contribution >= 0.6 is 11.3 Å². The largest absolute Gasteiger partial charge is 0.348 e. The van der Waals surface area contributed by atoms with Crippen LogP contribution in [0.1, 0.15) is 30.2 Å². The van der Waals surface area contributed by atoms with Crippen molar-refractivity contribution in [1.82, 2.24) is 20.2 Å². The van der Waals surface area contributed by atoms with Gasteiger partial charge >= 0.3 is 0 Å². The quantitative estimate of drug-likeness (QED) is 0.857. The maximum absolute atomic E-state index is 3.99. The van der Waals surface area contributed by atoms with E-state index in [0.29, 0.717) is 0 Å². The maximum Gasteiger partial charge on any atom is 0.243 e. The van der Waals surface area contributed by atoms with Crippen molar-refractivity contribution in [1.29, 1.82) is 0 Å². The van der Waals surface area contributed by atoms with Crippen LogP contribution < -0.4 is 5.32 Å². The normalized spacial score (nSPS) is 10.7. The first kappa shape index (κ1) is 12.0. The van der Waals surface area contributed by atoms with Crippen molar-refractivity contribution in [2.24, 2.45) is 0 Å². The summed E-state index contributed by atoms with van der Waals surface area (Å²) in [5, 5.41) is 17.1. The molecule has 0 spiro atoms. The second-order valence-corrected chi connectivity index (χ2v) is 4.96. The number of unbranched alkanes of at least 4 members (excludes halogenated alkanes) is 1. The molecule has 0 saturated heterocycles. The average molecular weight is 251 g/mol. The highest BCUT2D eigenvalue weighted by atomic mass is 32.1. The number of nitrogens with one attached hydrogen (secondary N) is 1. The second-order valence-electron chi connectivity index (χ2n) is 3.96. The van der Waals surface area contributed by atoms with Gasteiger partial charge < -0.3 is 5.32 Å². The fourth-order valence-electron chi connectivity index (χ4n) is 1.53. The Kier molecular flexibility index (Phi) is 4.08. The summed E-state index contributed by atoms with van der Waals surface area (Å²) in [7, 11) is 0. The number of aromatic nitrogens is 4. The Morgan fingerprint density at radius 2 is 2.35 bits per heavy atom. The third-order valence-electron chi connectivity index (χ3n) is 2.63. The Morgan fingerprint density at radius 1 is 1.47 bits per heavy atom. The minimum absolute atomic E-state index is 0.756. The Morgan fingerprint density at radius 3 is 3.06 bits per heavy atom. The number of thiophene rings is 1. The summed E-state index contributed by atoms with van der Waals surface area (Å²) in [4.78, 5) is 1.33. The Balaban J connectivity index is 1.95. The van der Waals surface area contributed by atoms with Gasteiger partial charge in [-0.2, -0.15) is 0 Å². The van der Waals surface area contributed by atoms with Gasteiger partial charge in [-0.3, -0.25) is 0 Å². The average Bonchev–Trinajstić information content (AvgIpc) is 2.93. The lowest BCUT2D eigenvalue weighted by atomic mass is 10.3. The van der Waals surface area contributed by atoms with Crippen LogP contribution in [0.15, 0.2) is 11.4 Å². The van der Waals surface area contributed by atoms with Crippen LogP contribution in [0.5, 0.6) is 0 Å². The van der Waals surface area contributed by atoms with Crippen molar-refractivity contribution in [3.8, 4) is 0 Å². The Hall–Kier alpha value is -1.43. The van der Waals surface area contributed by atoms with Crippen molar-refractivity contribution < 1.29 is 0 Å². The molecule has 2 aromatic heterocycles. The van der Waals surface area contributed by atoms with Gasteiger partial charge in [0.15, 0.2) is 0 Å². The molecular formula is C11H17N5S. The first-order valence-electron chi connectivity index (χ1n) is 5.84. The SMILES string of the molecule is CCCCn1nnnc1NCc1sccc1C. The van der Waals surface area contributed by atoms with Crippen LogP contribution in [0.2, 0.25) is 0 Å². The minimum atomic E-state index is 0.756. The molecule has 1 N–H and O–H groups in total. The minimum Gasteiger partial charge on any atom is -0.348 e. The van der Waals surface area contributed by atoms with Crippen molar-refractivity contribution in [3.63, 3.8) is 0 Å². The molecule has 0 amide bonds. The standard InChI is InChI=1S/C11H17N5S/c1-3-4-6-16-11(13-14-15-16)12-8-10-9(2)5-7-17-10/h5,7H,3-4,6,8H2,1-2H3,(H,12,13,15). The molecule has 0 aliphatic carbocycles. The number of hydrogen-bond acceptors (Lipinski definition) is 5. The van der Waals surface area contributed by atoms with Crippen LogP contribution in [0.4, 0.5) is 5.95 Å². The molecule has 0 saturated carbocycles. The van der Waals surface area contributed by atoms with E-state index < -0.39 is 0 Å². The van der Waals surface area contributed by atoms with Crippen LogP contribution in [0.3, 0.4) is 0 Å². The van der Waals surface area contributed by atoms with Crippen molar-refractivity contribution in [2.45, 2.75) is 39.8 Å². The highest BCUT2D eigenvalue weighted by Gasteiger charge is 2.06. The lowest BCUT2D eigenvalue weighted by molar-refractivity contribution is 0.556. The summed E-state index contributed by atoms with van der Waals surface area (Å²) in [6.45, 7) is 5.94. The summed E-state index contributed by atoms with van der Waals surface area (Å²) in [5.74, 6) is 0.756. The van der Waals surface area contributed by atoms with Gasteiger partial charge in [0.2, 0.25) is 5.95 Å². The molecule has 2 heterocycles. The van der Waals surface area contributed by atoms with E-state index in [2.05, 4.69) is 46.1 Å². The lowest BCUT2D eigenvalue weighted by Gasteiger charge is -2.05. The summed E-state index contributed by atoms with van der Waals surface area (Å²) in [6, 6.07) is 2.13. The highest BCUT2D eigenvalue weighted by molar-refractivity contribution is 7.10. The Bertz CT molecular complexity index is 462. The molecule has 92 valence electrons. The smallest absolute Gasteiger partial charge is 0.243 e. The topological polar surface area (TPSA) is 55.6 Å². The van der Waals surface area contributed by atoms with Gasteiger partial charge in [-0.05, 0) is 40.8 Å². The summed E-state index contributed by atoms with van der Waals surface area (Å²) < 4.78 is 1.83. The molecule has 17 heavy (non-hydrogen) atoms. The molecular weight excluding hydrogens is 234 g/mol. The zero-order valence-electron chi connectivity index (χ0n) is 10.2. The molecule has 0 aromatic carbocycles. The number of rotatable bonds is 6. The van der Waals surface area contributed by atoms with E-state index >= 15 is 0 Å². The van der Waals surface area contributed by atoms with Gasteiger partial charge in [0.25, 0.3) is 0 Å². The van der Waals surface area contributed by atoms with Gasteiger partial charge in [0.05, 0.1) is 6.54 Å². The fraction of sp³-hybridized carbons (Fsp3) is 0.545. The number of anilines is 1. The molecule has 5 nitrogen and oxygen atoms in total. The summed E-state index contributed by atoms with van der Waals surface area (Å²) in [6.07, 6.45) is 2.24. The molecule has 0 fully saturated rings. The molecule has 2 aromatic rings. The van der Waals surface area contributed by atoms with E-state index in [-0.39, 0.29) is 0 Å². The van der Waals surface area contributed by atoms with E-state index in [0.717, 1.165) is 31.9 Å². The van der Waals surface area contributed by atoms with Crippen LogP contribution in [-0.2, 0) is 13.1 Å². The summed E-state index contributed by atoms with van der Waals surface area (Å²) >= 11 is 1.75. The van der Waals surface area contributed by atoms with Crippen molar-refractivity contribution >= 4 is 17.3 Å². The molecule has 0 unspecified atom stereocenters. The Labute approximate surface area is 105 Å². The highest BCUT2D eigenvalue weighted by Crippen LogP contribution is 2.16. The zero-order chi connectivity index (χ0) is 12.1. The number of hydrogen-bond donors (Lipinski definition) is 1. The van der Waals surface area contributed by atoms with E-state index in [1.807, 2.05) is 4.68 Å². The monoisotopic (exact) mass is 251 g/mol. The number of aryl methyl sites for hydroxylation is 2. The molecule has 0 aliphatic heterocycles. The molecule has 0 radical (unpaired) electrons. The van der Waals surface area contributed by atoms with Crippen LogP contribution in [0, 0.1) is 6.92 Å². The van der Waals surface area contributed by atoms with E-state index in [1.54, 1.807) is 11.3 Å². The molecule has 0 atom stereocenters. The van der Waals surface area contributed by atoms with E-state index in [4.69, 9.17) is 0 Å². The maximum atomic E-state index is 3.99. The third kappa shape index (κ3) is 3.03. The number of tetrazole rings is 1. The number of nitrogens with zero attached hydrogens (tertiary/aromatic N) is 4. The summed E-state index contributed by atoms with van der Waals surface area (Å²) in [5.41, 5.74) is 1.31. The predicted octanol–water partition coefficient (Wildman–Crippen LogP) is 2.46. The van der Waals surface area contributed by atoms with E-state index in [1.165, 1.54) is 10.4 Å². The fourth-order valence-corrected chi connectivity index (χ4v) is 2.38. The molecule has 2 rings (SSSR count). The third-order valence-corrected chi connectivity index (χ3v) is 3.65. The lowest BCUT2D eigenvalue weighted by Crippen LogP contribution is -2.08. The van der Waals surface area contributed by atoms with Crippen molar-refractivity contribution in [2.75, 3.05) is 5.32 Å². The first-order valence-corrected chi connectivity index (χ1v) is 6.72. The van der Waals surface area contributed by atoms with Gasteiger partial charge in [-0.15, -0.1) is 11.3 Å². The van der Waals surface area contributed by atoms with Gasteiger partial charge in [-0.25, -0.2) is 4.68 Å². The molecule has 0 aliphatic rings. The van der Waals surface area contributed by atoms with Crippen molar-refractivity contribution in [3.05, 3.63) is 21.9 Å². The second kappa shape index (κ2) is 5.77. The van der Waals surface area contributed by atoms with Crippen LogP contribution in [-0.4, -0.2) is 20.2 Å². The van der Waals surface area contributed by atoms with Gasteiger partial charge in [0, 0.05) is 11.4 Å². The van der Waals surface area contributed by atoms with Crippen LogP contribution in [0.25, 0.3) is 0 Å².